The molecule has 1 rings (SSSR count). The maximum atomic E-state index is 13.6. The van der Waals surface area contributed by atoms with Gasteiger partial charge in [0.05, 0.1) is 0 Å². The Morgan fingerprint density at radius 1 is 0.818 bits per heavy atom. The Labute approximate surface area is 130 Å². The highest BCUT2D eigenvalue weighted by Crippen LogP contribution is 2.22. The predicted octanol–water partition coefficient (Wildman–Crippen LogP) is 4.08. The van der Waals surface area contributed by atoms with Gasteiger partial charge in [-0.25, -0.2) is 13.2 Å². The topological polar surface area (TPSA) is 27.7 Å². The Balaban J connectivity index is 2.71. The van der Waals surface area contributed by atoms with Gasteiger partial charge in [0, 0.05) is 31.9 Å². The summed E-state index contributed by atoms with van der Waals surface area (Å²) in [7, 11) is -2.78. The molecular weight excluding hydrogens is 313 g/mol. The molecule has 3 nitrogen and oxygen atoms in total. The van der Waals surface area contributed by atoms with E-state index >= 15 is 0 Å². The van der Waals surface area contributed by atoms with Crippen molar-refractivity contribution in [1.29, 1.82) is 0 Å². The Bertz CT molecular complexity index is 455. The fraction of sp³-hybridized carbons (Fsp3) is 0.600. The quantitative estimate of drug-likeness (QED) is 0.476. The minimum Gasteiger partial charge on any atom is -0.374 e. The van der Waals surface area contributed by atoms with Crippen molar-refractivity contribution in [1.82, 2.24) is 0 Å². The van der Waals surface area contributed by atoms with Crippen molar-refractivity contribution in [3.63, 3.8) is 0 Å². The van der Waals surface area contributed by atoms with Gasteiger partial charge in [0.25, 0.3) is 0 Å². The average Bonchev–Trinajstić information content (AvgIpc) is 2.45. The molecule has 0 radical (unpaired) electrons. The van der Waals surface area contributed by atoms with Gasteiger partial charge >= 0.3 is 8.80 Å². The standard InChI is InChI=1S/C15H23F3O3Si/c1-4-19-22(20-5-2,21-6-3)9-7-8-12-10-14(17)15(18)11-13(12)16/h10-11H,4-9H2,1-3H3. The molecule has 0 saturated heterocycles. The molecule has 0 amide bonds. The number of benzene rings is 1. The molecule has 1 aromatic rings. The first-order valence-electron chi connectivity index (χ1n) is 7.53. The first-order chi connectivity index (χ1) is 10.5. The summed E-state index contributed by atoms with van der Waals surface area (Å²) in [6, 6.07) is 1.97. The van der Waals surface area contributed by atoms with Crippen LogP contribution in [0.3, 0.4) is 0 Å². The van der Waals surface area contributed by atoms with Gasteiger partial charge in [-0.3, -0.25) is 0 Å². The summed E-state index contributed by atoms with van der Waals surface area (Å²) >= 11 is 0. The van der Waals surface area contributed by atoms with E-state index in [1.807, 2.05) is 20.8 Å². The lowest BCUT2D eigenvalue weighted by molar-refractivity contribution is 0.0708. The summed E-state index contributed by atoms with van der Waals surface area (Å²) in [5.74, 6) is -2.96. The summed E-state index contributed by atoms with van der Waals surface area (Å²) in [5, 5.41) is 0. The van der Waals surface area contributed by atoms with Crippen LogP contribution in [0.1, 0.15) is 32.8 Å². The summed E-state index contributed by atoms with van der Waals surface area (Å²) in [5.41, 5.74) is 0.145. The third-order valence-corrected chi connectivity index (χ3v) is 6.26. The van der Waals surface area contributed by atoms with Crippen LogP contribution >= 0.6 is 0 Å². The lowest BCUT2D eigenvalue weighted by Crippen LogP contribution is -2.46. The summed E-state index contributed by atoms with van der Waals surface area (Å²) in [4.78, 5) is 0. The minimum absolute atomic E-state index is 0.145. The third kappa shape index (κ3) is 5.39. The molecule has 0 unspecified atom stereocenters. The largest absolute Gasteiger partial charge is 0.500 e. The van der Waals surface area contributed by atoms with Crippen LogP contribution in [0.2, 0.25) is 6.04 Å². The average molecular weight is 336 g/mol. The van der Waals surface area contributed by atoms with E-state index in [9.17, 15) is 13.2 Å². The van der Waals surface area contributed by atoms with E-state index in [-0.39, 0.29) is 12.0 Å². The second kappa shape index (κ2) is 9.29. The van der Waals surface area contributed by atoms with E-state index < -0.39 is 26.3 Å². The van der Waals surface area contributed by atoms with Crippen molar-refractivity contribution in [2.75, 3.05) is 19.8 Å². The first-order valence-corrected chi connectivity index (χ1v) is 9.46. The zero-order valence-corrected chi connectivity index (χ0v) is 14.3. The summed E-state index contributed by atoms with van der Waals surface area (Å²) in [6.07, 6.45) is 0.777. The third-order valence-electron chi connectivity index (χ3n) is 3.11. The normalized spacial score (nSPS) is 11.9. The highest BCUT2D eigenvalue weighted by molar-refractivity contribution is 6.60. The Morgan fingerprint density at radius 3 is 1.82 bits per heavy atom. The molecule has 0 N–H and O–H groups in total. The number of hydrogen-bond donors (Lipinski definition) is 0. The van der Waals surface area contributed by atoms with Crippen LogP contribution in [-0.4, -0.2) is 28.6 Å². The number of rotatable bonds is 10. The second-order valence-electron chi connectivity index (χ2n) is 4.69. The molecule has 0 aromatic heterocycles. The molecule has 1 aromatic carbocycles. The van der Waals surface area contributed by atoms with Gasteiger partial charge in [-0.2, -0.15) is 0 Å². The second-order valence-corrected chi connectivity index (χ2v) is 7.43. The highest BCUT2D eigenvalue weighted by atomic mass is 28.4. The first kappa shape index (κ1) is 19.2. The van der Waals surface area contributed by atoms with Crippen LogP contribution in [0.25, 0.3) is 0 Å². The van der Waals surface area contributed by atoms with E-state index in [2.05, 4.69) is 0 Å². The monoisotopic (exact) mass is 336 g/mol. The molecule has 0 aliphatic rings. The maximum absolute atomic E-state index is 13.6. The molecule has 0 atom stereocenters. The van der Waals surface area contributed by atoms with Gasteiger partial charge in [-0.15, -0.1) is 0 Å². The fourth-order valence-corrected chi connectivity index (χ4v) is 4.86. The zero-order valence-electron chi connectivity index (χ0n) is 13.3. The smallest absolute Gasteiger partial charge is 0.374 e. The van der Waals surface area contributed by atoms with Crippen LogP contribution in [0, 0.1) is 17.5 Å². The fourth-order valence-electron chi connectivity index (χ4n) is 2.25. The van der Waals surface area contributed by atoms with Crippen molar-refractivity contribution >= 4 is 8.80 Å². The van der Waals surface area contributed by atoms with Gasteiger partial charge in [0.1, 0.15) is 5.82 Å². The van der Waals surface area contributed by atoms with Crippen LogP contribution in [0.4, 0.5) is 13.2 Å². The summed E-state index contributed by atoms with van der Waals surface area (Å²) in [6.45, 7) is 6.96. The molecule has 22 heavy (non-hydrogen) atoms. The van der Waals surface area contributed by atoms with E-state index in [0.29, 0.717) is 38.4 Å². The lowest BCUT2D eigenvalue weighted by atomic mass is 10.1. The van der Waals surface area contributed by atoms with Crippen LogP contribution in [-0.2, 0) is 19.7 Å². The van der Waals surface area contributed by atoms with Gasteiger partial charge in [-0.1, -0.05) is 0 Å². The predicted molar refractivity (Wildman–Crippen MR) is 80.1 cm³/mol. The van der Waals surface area contributed by atoms with Gasteiger partial charge in [0.15, 0.2) is 11.6 Å². The highest BCUT2D eigenvalue weighted by Gasteiger charge is 2.39. The molecule has 0 fully saturated rings. The molecule has 0 aliphatic heterocycles. The SMILES string of the molecule is CCO[Si](CCCc1cc(F)c(F)cc1F)(OCC)OCC. The number of halogens is 3. The molecule has 0 saturated carbocycles. The summed E-state index contributed by atoms with van der Waals surface area (Å²) < 4.78 is 56.7. The van der Waals surface area contributed by atoms with E-state index in [1.165, 1.54) is 0 Å². The maximum Gasteiger partial charge on any atom is 0.500 e. The minimum atomic E-state index is -2.78. The molecule has 126 valence electrons. The zero-order chi connectivity index (χ0) is 16.6. The Kier molecular flexibility index (Phi) is 8.09. The van der Waals surface area contributed by atoms with Crippen molar-refractivity contribution < 1.29 is 26.4 Å². The van der Waals surface area contributed by atoms with E-state index in [1.54, 1.807) is 0 Å². The van der Waals surface area contributed by atoms with E-state index in [4.69, 9.17) is 13.3 Å². The van der Waals surface area contributed by atoms with Crippen molar-refractivity contribution in [2.24, 2.45) is 0 Å². The lowest BCUT2D eigenvalue weighted by Gasteiger charge is -2.28. The van der Waals surface area contributed by atoms with Gasteiger partial charge in [-0.05, 0) is 45.2 Å². The van der Waals surface area contributed by atoms with Gasteiger partial charge in [0.2, 0.25) is 0 Å². The molecule has 0 bridgehead atoms. The van der Waals surface area contributed by atoms with Crippen LogP contribution in [0.15, 0.2) is 12.1 Å². The molecule has 7 heteroatoms. The van der Waals surface area contributed by atoms with E-state index in [0.717, 1.165) is 6.07 Å². The molecular formula is C15H23F3O3Si. The van der Waals surface area contributed by atoms with Gasteiger partial charge < -0.3 is 13.3 Å². The molecule has 0 aliphatic carbocycles. The van der Waals surface area contributed by atoms with Crippen LogP contribution in [0.5, 0.6) is 0 Å². The van der Waals surface area contributed by atoms with Crippen molar-refractivity contribution in [3.8, 4) is 0 Å². The van der Waals surface area contributed by atoms with Crippen LogP contribution < -0.4 is 0 Å². The number of hydrogen-bond acceptors (Lipinski definition) is 3. The molecule has 0 spiro atoms. The Morgan fingerprint density at radius 2 is 1.32 bits per heavy atom. The van der Waals surface area contributed by atoms with Crippen molar-refractivity contribution in [3.05, 3.63) is 35.1 Å². The van der Waals surface area contributed by atoms with Crippen molar-refractivity contribution in [2.45, 2.75) is 39.7 Å². The number of aryl methyl sites for hydroxylation is 1. The Hall–Kier alpha value is -0.893. The molecule has 0 heterocycles.